The molecule has 6 heteroatoms. The summed E-state index contributed by atoms with van der Waals surface area (Å²) in [6.45, 7) is 5.48. The highest BCUT2D eigenvalue weighted by Gasteiger charge is 2.22. The molecule has 0 saturated carbocycles. The van der Waals surface area contributed by atoms with Crippen molar-refractivity contribution in [2.24, 2.45) is 0 Å². The maximum Gasteiger partial charge on any atom is 0.265 e. The largest absolute Gasteiger partial charge is 0.345 e. The normalized spacial score (nSPS) is 11.4. The van der Waals surface area contributed by atoms with Crippen LogP contribution in [-0.2, 0) is 0 Å². The summed E-state index contributed by atoms with van der Waals surface area (Å²) in [4.78, 5) is 12.2. The zero-order valence-electron chi connectivity index (χ0n) is 8.30. The van der Waals surface area contributed by atoms with Gasteiger partial charge in [-0.2, -0.15) is 0 Å². The summed E-state index contributed by atoms with van der Waals surface area (Å²) >= 11 is 6.79. The van der Waals surface area contributed by atoms with Crippen LogP contribution >= 0.6 is 23.1 Å². The van der Waals surface area contributed by atoms with E-state index >= 15 is 0 Å². The quantitative estimate of drug-likeness (QED) is 0.807. The van der Waals surface area contributed by atoms with Crippen LogP contribution in [0.3, 0.4) is 0 Å². The summed E-state index contributed by atoms with van der Waals surface area (Å²) in [5, 5.41) is 6.58. The number of nitrogens with one attached hydrogen (secondary N) is 1. The molecule has 0 aliphatic carbocycles. The van der Waals surface area contributed by atoms with Crippen molar-refractivity contribution in [3.63, 3.8) is 0 Å². The number of carbonyl (C=O) groups excluding carboxylic acids is 1. The maximum absolute atomic E-state index is 11.7. The van der Waals surface area contributed by atoms with Crippen LogP contribution in [0.15, 0.2) is 0 Å². The number of aryl methyl sites for hydroxylation is 1. The molecule has 1 aromatic heterocycles. The third kappa shape index (κ3) is 2.65. The van der Waals surface area contributed by atoms with Crippen LogP contribution in [0.2, 0.25) is 0 Å². The summed E-state index contributed by atoms with van der Waals surface area (Å²) in [6.07, 6.45) is 0. The first-order valence-corrected chi connectivity index (χ1v) is 5.44. The van der Waals surface area contributed by atoms with Crippen LogP contribution in [-0.4, -0.2) is 26.9 Å². The maximum atomic E-state index is 11.7. The van der Waals surface area contributed by atoms with E-state index < -0.39 is 5.54 Å². The van der Waals surface area contributed by atoms with Crippen LogP contribution in [0.25, 0.3) is 0 Å². The standard InChI is InChI=1S/C8H12ClN3OS/c1-5-6(14-12-11-5)7(13)10-8(2,3)4-9/h4H2,1-3H3,(H,10,13). The van der Waals surface area contributed by atoms with E-state index in [4.69, 9.17) is 11.6 Å². The minimum absolute atomic E-state index is 0.164. The summed E-state index contributed by atoms with van der Waals surface area (Å²) in [5.41, 5.74) is 0.243. The van der Waals surface area contributed by atoms with E-state index in [1.807, 2.05) is 13.8 Å². The zero-order chi connectivity index (χ0) is 10.8. The van der Waals surface area contributed by atoms with Gasteiger partial charge in [0.25, 0.3) is 5.91 Å². The lowest BCUT2D eigenvalue weighted by molar-refractivity contribution is 0.0924. The summed E-state index contributed by atoms with van der Waals surface area (Å²) < 4.78 is 3.70. The minimum atomic E-state index is -0.408. The van der Waals surface area contributed by atoms with Crippen LogP contribution in [0.5, 0.6) is 0 Å². The molecule has 0 unspecified atom stereocenters. The van der Waals surface area contributed by atoms with Gasteiger partial charge in [0.05, 0.1) is 5.69 Å². The van der Waals surface area contributed by atoms with E-state index in [9.17, 15) is 4.79 Å². The van der Waals surface area contributed by atoms with Crippen LogP contribution in [0.4, 0.5) is 0 Å². The molecule has 0 bridgehead atoms. The van der Waals surface area contributed by atoms with Gasteiger partial charge >= 0.3 is 0 Å². The van der Waals surface area contributed by atoms with Gasteiger partial charge in [-0.05, 0) is 32.3 Å². The highest BCUT2D eigenvalue weighted by molar-refractivity contribution is 7.08. The second-order valence-electron chi connectivity index (χ2n) is 3.66. The summed E-state index contributed by atoms with van der Waals surface area (Å²) in [7, 11) is 0. The van der Waals surface area contributed by atoms with E-state index in [2.05, 4.69) is 14.9 Å². The van der Waals surface area contributed by atoms with E-state index in [0.29, 0.717) is 16.5 Å². The molecule has 14 heavy (non-hydrogen) atoms. The Hall–Kier alpha value is -0.680. The molecule has 1 rings (SSSR count). The lowest BCUT2D eigenvalue weighted by Gasteiger charge is -2.22. The lowest BCUT2D eigenvalue weighted by Crippen LogP contribution is -2.44. The van der Waals surface area contributed by atoms with Gasteiger partial charge in [-0.3, -0.25) is 4.79 Å². The van der Waals surface area contributed by atoms with Crippen molar-refractivity contribution in [1.29, 1.82) is 0 Å². The van der Waals surface area contributed by atoms with Gasteiger partial charge < -0.3 is 5.32 Å². The van der Waals surface area contributed by atoms with E-state index in [-0.39, 0.29) is 5.91 Å². The molecule has 0 spiro atoms. The monoisotopic (exact) mass is 233 g/mol. The Morgan fingerprint density at radius 1 is 1.64 bits per heavy atom. The molecular weight excluding hydrogens is 222 g/mol. The topological polar surface area (TPSA) is 54.9 Å². The number of halogens is 1. The van der Waals surface area contributed by atoms with Crippen molar-refractivity contribution in [2.75, 3.05) is 5.88 Å². The Morgan fingerprint density at radius 3 is 2.71 bits per heavy atom. The Morgan fingerprint density at radius 2 is 2.29 bits per heavy atom. The van der Waals surface area contributed by atoms with Crippen molar-refractivity contribution < 1.29 is 4.79 Å². The van der Waals surface area contributed by atoms with E-state index in [0.717, 1.165) is 11.5 Å². The number of hydrogen-bond donors (Lipinski definition) is 1. The first-order chi connectivity index (χ1) is 6.46. The average molecular weight is 234 g/mol. The Labute approximate surface area is 91.8 Å². The fourth-order valence-corrected chi connectivity index (χ4v) is 1.46. The first kappa shape index (κ1) is 11.4. The van der Waals surface area contributed by atoms with Gasteiger partial charge in [-0.15, -0.1) is 16.7 Å². The number of rotatable bonds is 3. The third-order valence-electron chi connectivity index (χ3n) is 1.64. The predicted octanol–water partition coefficient (Wildman–Crippen LogP) is 1.59. The van der Waals surface area contributed by atoms with Crippen molar-refractivity contribution in [1.82, 2.24) is 14.9 Å². The molecule has 1 N–H and O–H groups in total. The van der Waals surface area contributed by atoms with Gasteiger partial charge in [-0.1, -0.05) is 4.49 Å². The Kier molecular flexibility index (Phi) is 3.44. The SMILES string of the molecule is Cc1nnsc1C(=O)NC(C)(C)CCl. The van der Waals surface area contributed by atoms with Gasteiger partial charge in [0.1, 0.15) is 4.88 Å². The summed E-state index contributed by atoms with van der Waals surface area (Å²) in [6, 6.07) is 0. The molecule has 1 heterocycles. The first-order valence-electron chi connectivity index (χ1n) is 4.14. The average Bonchev–Trinajstić information content (AvgIpc) is 2.51. The van der Waals surface area contributed by atoms with Crippen LogP contribution in [0.1, 0.15) is 29.2 Å². The molecular formula is C8H12ClN3OS. The van der Waals surface area contributed by atoms with Crippen molar-refractivity contribution in [3.8, 4) is 0 Å². The molecule has 0 aromatic carbocycles. The molecule has 4 nitrogen and oxygen atoms in total. The zero-order valence-corrected chi connectivity index (χ0v) is 9.87. The van der Waals surface area contributed by atoms with Gasteiger partial charge in [-0.25, -0.2) is 0 Å². The third-order valence-corrected chi connectivity index (χ3v) is 3.14. The molecule has 0 atom stereocenters. The molecule has 0 radical (unpaired) electrons. The van der Waals surface area contributed by atoms with Gasteiger partial charge in [0.15, 0.2) is 0 Å². The number of carbonyl (C=O) groups is 1. The molecule has 0 saturated heterocycles. The second kappa shape index (κ2) is 4.23. The second-order valence-corrected chi connectivity index (χ2v) is 4.68. The molecule has 1 amide bonds. The van der Waals surface area contributed by atoms with Gasteiger partial charge in [0.2, 0.25) is 0 Å². The highest BCUT2D eigenvalue weighted by Crippen LogP contribution is 2.12. The molecule has 78 valence electrons. The number of amides is 1. The van der Waals surface area contributed by atoms with Crippen LogP contribution in [0, 0.1) is 6.92 Å². The number of aromatic nitrogens is 2. The number of alkyl halides is 1. The van der Waals surface area contributed by atoms with Crippen molar-refractivity contribution >= 4 is 29.0 Å². The van der Waals surface area contributed by atoms with Crippen molar-refractivity contribution in [2.45, 2.75) is 26.3 Å². The van der Waals surface area contributed by atoms with E-state index in [1.165, 1.54) is 0 Å². The van der Waals surface area contributed by atoms with Crippen molar-refractivity contribution in [3.05, 3.63) is 10.6 Å². The highest BCUT2D eigenvalue weighted by atomic mass is 35.5. The fourth-order valence-electron chi connectivity index (χ4n) is 0.837. The van der Waals surface area contributed by atoms with Crippen LogP contribution < -0.4 is 5.32 Å². The molecule has 0 aliphatic rings. The Balaban J connectivity index is 2.73. The fraction of sp³-hybridized carbons (Fsp3) is 0.625. The molecule has 0 fully saturated rings. The number of hydrogen-bond acceptors (Lipinski definition) is 4. The molecule has 0 aliphatic heterocycles. The lowest BCUT2D eigenvalue weighted by atomic mass is 10.1. The molecule has 1 aromatic rings. The van der Waals surface area contributed by atoms with Gasteiger partial charge in [0, 0.05) is 11.4 Å². The Bertz CT molecular complexity index is 337. The number of nitrogens with zero attached hydrogens (tertiary/aromatic N) is 2. The summed E-state index contributed by atoms with van der Waals surface area (Å²) in [5.74, 6) is 0.201. The minimum Gasteiger partial charge on any atom is -0.345 e. The van der Waals surface area contributed by atoms with E-state index in [1.54, 1.807) is 6.92 Å². The predicted molar refractivity (Wildman–Crippen MR) is 56.9 cm³/mol. The smallest absolute Gasteiger partial charge is 0.265 e.